The van der Waals surface area contributed by atoms with Gasteiger partial charge >= 0.3 is 21.7 Å². The van der Waals surface area contributed by atoms with Crippen molar-refractivity contribution in [1.29, 1.82) is 0 Å². The molecule has 1 saturated carbocycles. The smallest absolute Gasteiger partial charge is 0.369 e. The molecule has 1 atom stereocenters. The number of hydrogen-bond donors (Lipinski definition) is 0. The fourth-order valence-corrected chi connectivity index (χ4v) is 1.83. The van der Waals surface area contributed by atoms with Gasteiger partial charge in [-0.3, -0.25) is 5.92 Å². The third-order valence-electron chi connectivity index (χ3n) is 2.68. The first kappa shape index (κ1) is 11.7. The van der Waals surface area contributed by atoms with Crippen LogP contribution in [0.25, 0.3) is 0 Å². The Labute approximate surface area is 86.0 Å². The van der Waals surface area contributed by atoms with Gasteiger partial charge in [-0.05, 0) is 0 Å². The molecule has 1 aliphatic rings. The van der Waals surface area contributed by atoms with Crippen molar-refractivity contribution < 1.29 is 21.7 Å². The molecule has 0 saturated heterocycles. The summed E-state index contributed by atoms with van der Waals surface area (Å²) in [5.74, 6) is 1.51. The van der Waals surface area contributed by atoms with E-state index in [0.717, 1.165) is 5.92 Å². The minimum Gasteiger partial charge on any atom is -0.369 e. The molecule has 1 fully saturated rings. The molecule has 0 aromatic heterocycles. The monoisotopic (exact) mass is 186 g/mol. The first-order valence-electron chi connectivity index (χ1n) is 4.47. The molecule has 0 aromatic carbocycles. The molecule has 1 rings (SSSR count). The molecular weight excluding hydrogens is 168 g/mol. The van der Waals surface area contributed by atoms with Crippen LogP contribution in [0.5, 0.6) is 0 Å². The molecule has 0 heterocycles. The molecule has 0 amide bonds. The maximum atomic E-state index is 4.12. The quantitative estimate of drug-likeness (QED) is 0.458. The summed E-state index contributed by atoms with van der Waals surface area (Å²) in [4.78, 5) is 0. The van der Waals surface area contributed by atoms with Crippen molar-refractivity contribution in [3.63, 3.8) is 0 Å². The van der Waals surface area contributed by atoms with Crippen LogP contribution in [0.15, 0.2) is 0 Å². The molecule has 0 bridgehead atoms. The summed E-state index contributed by atoms with van der Waals surface area (Å²) in [5, 5.41) is 0. The SMILES string of the molecule is [CH2-][C@H]([CH-]C)C1CCCCC1.[Ti+2]. The van der Waals surface area contributed by atoms with Crippen molar-refractivity contribution in [2.75, 3.05) is 0 Å². The largest absolute Gasteiger partial charge is 2.00 e. The summed E-state index contributed by atoms with van der Waals surface area (Å²) in [7, 11) is 0. The van der Waals surface area contributed by atoms with E-state index in [0.29, 0.717) is 5.92 Å². The third kappa shape index (κ3) is 3.76. The van der Waals surface area contributed by atoms with E-state index < -0.39 is 0 Å². The van der Waals surface area contributed by atoms with Gasteiger partial charge in [0.05, 0.1) is 0 Å². The normalized spacial score (nSPS) is 22.4. The van der Waals surface area contributed by atoms with Gasteiger partial charge < -0.3 is 13.3 Å². The van der Waals surface area contributed by atoms with E-state index in [1.165, 1.54) is 32.1 Å². The Bertz CT molecular complexity index is 84.9. The van der Waals surface area contributed by atoms with Gasteiger partial charge in [0.2, 0.25) is 0 Å². The van der Waals surface area contributed by atoms with Crippen molar-refractivity contribution in [3.8, 4) is 0 Å². The second-order valence-electron chi connectivity index (χ2n) is 3.40. The Morgan fingerprint density at radius 1 is 1.27 bits per heavy atom. The zero-order valence-electron chi connectivity index (χ0n) is 7.47. The minimum absolute atomic E-state index is 0. The van der Waals surface area contributed by atoms with Crippen LogP contribution in [0.2, 0.25) is 0 Å². The van der Waals surface area contributed by atoms with Crippen molar-refractivity contribution in [2.24, 2.45) is 11.8 Å². The Balaban J connectivity index is 0.000001000. The fourth-order valence-electron chi connectivity index (χ4n) is 1.83. The van der Waals surface area contributed by atoms with Gasteiger partial charge in [0.15, 0.2) is 0 Å². The predicted octanol–water partition coefficient (Wildman–Crippen LogP) is 3.24. The van der Waals surface area contributed by atoms with E-state index in [1.54, 1.807) is 0 Å². The first-order chi connectivity index (χ1) is 4.84. The van der Waals surface area contributed by atoms with Gasteiger partial charge in [0.25, 0.3) is 0 Å². The summed E-state index contributed by atoms with van der Waals surface area (Å²) in [6.45, 7) is 6.26. The summed E-state index contributed by atoms with van der Waals surface area (Å²) < 4.78 is 0. The van der Waals surface area contributed by atoms with Crippen LogP contribution in [0.1, 0.15) is 39.0 Å². The van der Waals surface area contributed by atoms with Crippen LogP contribution < -0.4 is 0 Å². The van der Waals surface area contributed by atoms with Gasteiger partial charge in [0.1, 0.15) is 0 Å². The van der Waals surface area contributed by atoms with E-state index in [1.807, 2.05) is 0 Å². The van der Waals surface area contributed by atoms with Gasteiger partial charge in [-0.2, -0.15) is 6.92 Å². The average molecular weight is 186 g/mol. The summed E-state index contributed by atoms with van der Waals surface area (Å²) in [6.07, 6.45) is 9.40. The van der Waals surface area contributed by atoms with Gasteiger partial charge in [-0.1, -0.05) is 38.0 Å². The van der Waals surface area contributed by atoms with Crippen LogP contribution in [-0.2, 0) is 21.7 Å². The van der Waals surface area contributed by atoms with E-state index in [4.69, 9.17) is 0 Å². The molecule has 0 nitrogen and oxygen atoms in total. The minimum atomic E-state index is 0. The summed E-state index contributed by atoms with van der Waals surface area (Å²) >= 11 is 0. The van der Waals surface area contributed by atoms with Crippen molar-refractivity contribution in [1.82, 2.24) is 0 Å². The number of rotatable bonds is 2. The molecule has 62 valence electrons. The van der Waals surface area contributed by atoms with E-state index in [-0.39, 0.29) is 21.7 Å². The number of hydrogen-bond acceptors (Lipinski definition) is 0. The summed E-state index contributed by atoms with van der Waals surface area (Å²) in [5.41, 5.74) is 0. The van der Waals surface area contributed by atoms with Crippen LogP contribution >= 0.6 is 0 Å². The zero-order valence-corrected chi connectivity index (χ0v) is 9.04. The molecule has 0 N–H and O–H groups in total. The van der Waals surface area contributed by atoms with Gasteiger partial charge in [-0.25, -0.2) is 0 Å². The molecule has 1 heteroatoms. The molecule has 1 aliphatic carbocycles. The Morgan fingerprint density at radius 2 is 1.82 bits per heavy atom. The molecule has 0 spiro atoms. The molecule has 11 heavy (non-hydrogen) atoms. The maximum Gasteiger partial charge on any atom is 2.00 e. The maximum absolute atomic E-state index is 4.12. The Morgan fingerprint density at radius 3 is 2.27 bits per heavy atom. The van der Waals surface area contributed by atoms with E-state index in [2.05, 4.69) is 20.3 Å². The van der Waals surface area contributed by atoms with Crippen molar-refractivity contribution in [2.45, 2.75) is 39.0 Å². The Hall–Kier alpha value is 0.714. The van der Waals surface area contributed by atoms with Crippen LogP contribution in [0.4, 0.5) is 0 Å². The molecule has 0 unspecified atom stereocenters. The van der Waals surface area contributed by atoms with Crippen molar-refractivity contribution in [3.05, 3.63) is 13.3 Å². The average Bonchev–Trinajstić information content (AvgIpc) is 2.05. The molecule has 0 aliphatic heterocycles. The van der Waals surface area contributed by atoms with E-state index >= 15 is 0 Å². The third-order valence-corrected chi connectivity index (χ3v) is 2.68. The van der Waals surface area contributed by atoms with Crippen LogP contribution in [0, 0.1) is 25.2 Å². The predicted molar refractivity (Wildman–Crippen MR) is 45.4 cm³/mol. The second-order valence-corrected chi connectivity index (χ2v) is 3.40. The standard InChI is InChI=1S/C10H18.Ti/c1-3-9(2)10-7-5-4-6-8-10;/h3,9-10H,2,4-8H2,1H3;/q-2;+2/t9-;/m1./s1. The molecule has 0 radical (unpaired) electrons. The summed E-state index contributed by atoms with van der Waals surface area (Å²) in [6, 6.07) is 0. The zero-order chi connectivity index (χ0) is 7.40. The van der Waals surface area contributed by atoms with Crippen LogP contribution in [0.3, 0.4) is 0 Å². The van der Waals surface area contributed by atoms with Gasteiger partial charge in [0, 0.05) is 0 Å². The van der Waals surface area contributed by atoms with Gasteiger partial charge in [-0.15, -0.1) is 0 Å². The molecular formula is C10H18Ti. The van der Waals surface area contributed by atoms with E-state index in [9.17, 15) is 0 Å². The van der Waals surface area contributed by atoms with Crippen LogP contribution in [-0.4, -0.2) is 0 Å². The second kappa shape index (κ2) is 6.25. The fraction of sp³-hybridized carbons (Fsp3) is 0.800. The molecule has 0 aromatic rings. The Kier molecular flexibility index (Phi) is 6.66. The van der Waals surface area contributed by atoms with Crippen molar-refractivity contribution >= 4 is 0 Å². The topological polar surface area (TPSA) is 0 Å². The first-order valence-corrected chi connectivity index (χ1v) is 4.47.